The van der Waals surface area contributed by atoms with Crippen LogP contribution in [0.1, 0.15) is 11.6 Å². The smallest absolute Gasteiger partial charge is 0.333 e. The van der Waals surface area contributed by atoms with Gasteiger partial charge in [-0.15, -0.1) is 0 Å². The molecule has 0 aliphatic carbocycles. The predicted molar refractivity (Wildman–Crippen MR) is 63.5 cm³/mol. The Hall–Kier alpha value is -2.63. The van der Waals surface area contributed by atoms with Crippen LogP contribution in [0.3, 0.4) is 0 Å². The van der Waals surface area contributed by atoms with Gasteiger partial charge in [-0.3, -0.25) is 4.79 Å². The Morgan fingerprint density at radius 3 is 2.37 bits per heavy atom. The Bertz CT molecular complexity index is 495. The van der Waals surface area contributed by atoms with Crippen LogP contribution in [0.4, 0.5) is 0 Å². The third kappa shape index (κ3) is 4.63. The number of rotatable bonds is 5. The molecule has 1 rings (SSSR count). The molecule has 0 aliphatic rings. The van der Waals surface area contributed by atoms with Crippen molar-refractivity contribution in [3.05, 3.63) is 48.0 Å². The van der Waals surface area contributed by atoms with E-state index in [1.165, 1.54) is 7.11 Å². The van der Waals surface area contributed by atoms with E-state index >= 15 is 0 Å². The lowest BCUT2D eigenvalue weighted by Crippen LogP contribution is -2.33. The minimum atomic E-state index is -1.50. The zero-order valence-electron chi connectivity index (χ0n) is 10.2. The van der Waals surface area contributed by atoms with Gasteiger partial charge in [0.15, 0.2) is 6.04 Å². The van der Waals surface area contributed by atoms with Gasteiger partial charge in [0.1, 0.15) is 0 Å². The van der Waals surface area contributed by atoms with Crippen LogP contribution in [-0.2, 0) is 19.1 Å². The molecule has 1 amide bonds. The molecule has 0 unspecified atom stereocenters. The summed E-state index contributed by atoms with van der Waals surface area (Å²) in [7, 11) is 1.20. The number of carbonyl (C=O) groups is 3. The van der Waals surface area contributed by atoms with Crippen molar-refractivity contribution in [2.75, 3.05) is 7.11 Å². The number of benzene rings is 1. The first-order valence-electron chi connectivity index (χ1n) is 5.37. The average Bonchev–Trinajstić information content (AvgIpc) is 2.42. The highest BCUT2D eigenvalue weighted by Crippen LogP contribution is 2.13. The molecule has 0 saturated heterocycles. The number of ether oxygens (including phenoxy) is 1. The van der Waals surface area contributed by atoms with Crippen LogP contribution in [0.15, 0.2) is 42.5 Å². The Balaban J connectivity index is 2.85. The first-order chi connectivity index (χ1) is 9.04. The summed E-state index contributed by atoms with van der Waals surface area (Å²) in [5.41, 5.74) is 0.532. The minimum absolute atomic E-state index is 0.532. The van der Waals surface area contributed by atoms with E-state index in [2.05, 4.69) is 10.1 Å². The fourth-order valence-electron chi connectivity index (χ4n) is 1.38. The number of carboxylic acids is 1. The Kier molecular flexibility index (Phi) is 5.28. The molecular formula is C13H12NO5-. The van der Waals surface area contributed by atoms with Crippen molar-refractivity contribution in [1.82, 2.24) is 5.32 Å². The molecule has 0 spiro atoms. The van der Waals surface area contributed by atoms with E-state index in [0.29, 0.717) is 11.6 Å². The third-order valence-corrected chi connectivity index (χ3v) is 2.23. The van der Waals surface area contributed by atoms with Crippen molar-refractivity contribution < 1.29 is 24.2 Å². The SMILES string of the molecule is COC(=O)[C@H](NC(=O)C=CC(=O)[O-])c1ccccc1. The molecule has 1 aromatic carbocycles. The molecule has 6 heteroatoms. The van der Waals surface area contributed by atoms with Gasteiger partial charge >= 0.3 is 5.97 Å². The fourth-order valence-corrected chi connectivity index (χ4v) is 1.38. The number of hydrogen-bond acceptors (Lipinski definition) is 5. The highest BCUT2D eigenvalue weighted by molar-refractivity contribution is 5.95. The second-order valence-corrected chi connectivity index (χ2v) is 3.53. The zero-order chi connectivity index (χ0) is 14.3. The quantitative estimate of drug-likeness (QED) is 0.560. The van der Waals surface area contributed by atoms with E-state index in [1.807, 2.05) is 0 Å². The topological polar surface area (TPSA) is 95.5 Å². The summed E-state index contributed by atoms with van der Waals surface area (Å²) in [6.07, 6.45) is 1.35. The number of hydrogen-bond donors (Lipinski definition) is 1. The number of carbonyl (C=O) groups excluding carboxylic acids is 3. The summed E-state index contributed by atoms with van der Waals surface area (Å²) >= 11 is 0. The summed E-state index contributed by atoms with van der Waals surface area (Å²) in [6, 6.07) is 7.46. The maximum Gasteiger partial charge on any atom is 0.333 e. The van der Waals surface area contributed by atoms with Crippen LogP contribution in [0, 0.1) is 0 Å². The van der Waals surface area contributed by atoms with Gasteiger partial charge in [-0.05, 0) is 11.6 Å². The number of carboxylic acid groups (broad SMARTS) is 1. The molecule has 0 radical (unpaired) electrons. The molecule has 6 nitrogen and oxygen atoms in total. The average molecular weight is 262 g/mol. The van der Waals surface area contributed by atoms with Crippen LogP contribution in [-0.4, -0.2) is 25.0 Å². The van der Waals surface area contributed by atoms with E-state index in [9.17, 15) is 19.5 Å². The van der Waals surface area contributed by atoms with Crippen molar-refractivity contribution in [3.8, 4) is 0 Å². The summed E-state index contributed by atoms with van der Waals surface area (Å²) < 4.78 is 4.59. The van der Waals surface area contributed by atoms with Crippen molar-refractivity contribution in [2.45, 2.75) is 6.04 Å². The lowest BCUT2D eigenvalue weighted by Gasteiger charge is -2.15. The van der Waals surface area contributed by atoms with Crippen molar-refractivity contribution in [3.63, 3.8) is 0 Å². The second kappa shape index (κ2) is 6.95. The lowest BCUT2D eigenvalue weighted by atomic mass is 10.1. The van der Waals surface area contributed by atoms with E-state index in [4.69, 9.17) is 0 Å². The van der Waals surface area contributed by atoms with Crippen LogP contribution in [0.25, 0.3) is 0 Å². The number of nitrogens with one attached hydrogen (secondary N) is 1. The van der Waals surface area contributed by atoms with E-state index in [-0.39, 0.29) is 0 Å². The number of amides is 1. The molecule has 0 heterocycles. The van der Waals surface area contributed by atoms with Gasteiger partial charge in [-0.25, -0.2) is 4.79 Å². The normalized spacial score (nSPS) is 11.8. The Morgan fingerprint density at radius 2 is 1.84 bits per heavy atom. The van der Waals surface area contributed by atoms with Crippen molar-refractivity contribution in [1.29, 1.82) is 0 Å². The van der Waals surface area contributed by atoms with Gasteiger partial charge in [0.25, 0.3) is 0 Å². The van der Waals surface area contributed by atoms with Crippen LogP contribution in [0.2, 0.25) is 0 Å². The molecule has 0 fully saturated rings. The van der Waals surface area contributed by atoms with Crippen molar-refractivity contribution >= 4 is 17.8 Å². The maximum atomic E-state index is 11.6. The molecule has 19 heavy (non-hydrogen) atoms. The molecule has 0 aromatic heterocycles. The number of methoxy groups -OCH3 is 1. The second-order valence-electron chi connectivity index (χ2n) is 3.53. The first kappa shape index (κ1) is 14.4. The van der Waals surface area contributed by atoms with Gasteiger partial charge in [0.2, 0.25) is 5.91 Å². The third-order valence-electron chi connectivity index (χ3n) is 2.23. The molecule has 100 valence electrons. The van der Waals surface area contributed by atoms with Gasteiger partial charge in [0, 0.05) is 6.08 Å². The van der Waals surface area contributed by atoms with Crippen LogP contribution < -0.4 is 10.4 Å². The van der Waals surface area contributed by atoms with E-state index in [1.54, 1.807) is 30.3 Å². The van der Waals surface area contributed by atoms with Gasteiger partial charge in [-0.1, -0.05) is 30.3 Å². The lowest BCUT2D eigenvalue weighted by molar-refractivity contribution is -0.297. The van der Waals surface area contributed by atoms with Crippen LogP contribution >= 0.6 is 0 Å². The largest absolute Gasteiger partial charge is 0.545 e. The van der Waals surface area contributed by atoms with Crippen molar-refractivity contribution in [2.24, 2.45) is 0 Å². The van der Waals surface area contributed by atoms with E-state index in [0.717, 1.165) is 6.08 Å². The number of esters is 1. The van der Waals surface area contributed by atoms with Gasteiger partial charge < -0.3 is 20.0 Å². The maximum absolute atomic E-state index is 11.6. The zero-order valence-corrected chi connectivity index (χ0v) is 10.2. The highest BCUT2D eigenvalue weighted by Gasteiger charge is 2.22. The Labute approximate surface area is 109 Å². The summed E-state index contributed by atoms with van der Waals surface area (Å²) in [5, 5.41) is 12.5. The number of aliphatic carboxylic acids is 1. The molecule has 1 atom stereocenters. The Morgan fingerprint density at radius 1 is 1.21 bits per heavy atom. The standard InChI is InChI=1S/C13H13NO5/c1-19-13(18)12(9-5-3-2-4-6-9)14-10(15)7-8-11(16)17/h2-8,12H,1H3,(H,14,15)(H,16,17)/p-1/t12-/m1/s1. The van der Waals surface area contributed by atoms with Gasteiger partial charge in [0.05, 0.1) is 13.1 Å². The molecular weight excluding hydrogens is 250 g/mol. The fraction of sp³-hybridized carbons (Fsp3) is 0.154. The molecule has 0 saturated carbocycles. The first-order valence-corrected chi connectivity index (χ1v) is 5.37. The molecule has 1 aromatic rings. The van der Waals surface area contributed by atoms with E-state index < -0.39 is 23.9 Å². The summed E-state index contributed by atoms with van der Waals surface area (Å²) in [6.45, 7) is 0. The molecule has 0 aliphatic heterocycles. The summed E-state index contributed by atoms with van der Waals surface area (Å²) in [5.74, 6) is -2.88. The summed E-state index contributed by atoms with van der Waals surface area (Å²) in [4.78, 5) is 33.2. The molecule has 0 bridgehead atoms. The monoisotopic (exact) mass is 262 g/mol. The van der Waals surface area contributed by atoms with Crippen LogP contribution in [0.5, 0.6) is 0 Å². The predicted octanol–water partition coefficient (Wildman–Crippen LogP) is -0.677. The minimum Gasteiger partial charge on any atom is -0.545 e. The van der Waals surface area contributed by atoms with Gasteiger partial charge in [-0.2, -0.15) is 0 Å². The highest BCUT2D eigenvalue weighted by atomic mass is 16.5. The molecule has 1 N–H and O–H groups in total.